The molecular weight excluding hydrogens is 350 g/mol. The number of carbonyl (C=O) groups is 2. The van der Waals surface area contributed by atoms with Gasteiger partial charge in [0, 0.05) is 36.8 Å². The van der Waals surface area contributed by atoms with Crippen LogP contribution < -0.4 is 11.1 Å². The lowest BCUT2D eigenvalue weighted by Crippen LogP contribution is -2.46. The molecule has 9 heteroatoms. The number of amides is 2. The maximum Gasteiger partial charge on any atom is 0.244 e. The van der Waals surface area contributed by atoms with Crippen molar-refractivity contribution in [3.8, 4) is 0 Å². The van der Waals surface area contributed by atoms with Gasteiger partial charge in [-0.3, -0.25) is 18.9 Å². The molecule has 3 rings (SSSR count). The van der Waals surface area contributed by atoms with E-state index in [1.54, 1.807) is 6.08 Å². The normalized spacial score (nSPS) is 16.9. The van der Waals surface area contributed by atoms with Crippen molar-refractivity contribution in [1.82, 2.24) is 19.6 Å². The fraction of sp³-hybridized carbons (Fsp3) is 0.400. The van der Waals surface area contributed by atoms with E-state index in [9.17, 15) is 9.59 Å². The van der Waals surface area contributed by atoms with Gasteiger partial charge >= 0.3 is 0 Å². The Hall–Kier alpha value is -1.90. The highest BCUT2D eigenvalue weighted by atomic mass is 35.5. The van der Waals surface area contributed by atoms with E-state index in [4.69, 9.17) is 17.3 Å². The smallest absolute Gasteiger partial charge is 0.244 e. The van der Waals surface area contributed by atoms with Crippen molar-refractivity contribution in [1.29, 1.82) is 0 Å². The van der Waals surface area contributed by atoms with E-state index in [1.165, 1.54) is 17.4 Å². The number of piperidine rings is 1. The first kappa shape index (κ1) is 16.9. The number of fused-ring (bicyclic) bond motifs is 1. The fourth-order valence-corrected chi connectivity index (χ4v) is 3.79. The monoisotopic (exact) mass is 367 g/mol. The largest absolute Gasteiger partial charge is 0.369 e. The van der Waals surface area contributed by atoms with Gasteiger partial charge in [-0.05, 0) is 18.9 Å². The number of rotatable bonds is 5. The molecule has 2 amide bonds. The van der Waals surface area contributed by atoms with Crippen LogP contribution >= 0.6 is 22.9 Å². The summed E-state index contributed by atoms with van der Waals surface area (Å²) in [7, 11) is 0. The van der Waals surface area contributed by atoms with Gasteiger partial charge in [0.15, 0.2) is 10.1 Å². The van der Waals surface area contributed by atoms with Crippen molar-refractivity contribution in [2.75, 3.05) is 19.6 Å². The number of imidazole rings is 1. The molecule has 0 saturated carbocycles. The van der Waals surface area contributed by atoms with Crippen molar-refractivity contribution in [2.45, 2.75) is 18.9 Å². The number of primary amides is 1. The lowest BCUT2D eigenvalue weighted by atomic mass is 10.0. The van der Waals surface area contributed by atoms with Gasteiger partial charge in [-0.15, -0.1) is 11.3 Å². The molecule has 2 aromatic heterocycles. The molecule has 0 aromatic carbocycles. The summed E-state index contributed by atoms with van der Waals surface area (Å²) in [5, 5.41) is 5.27. The van der Waals surface area contributed by atoms with Crippen molar-refractivity contribution in [3.63, 3.8) is 0 Å². The molecule has 1 saturated heterocycles. The summed E-state index contributed by atoms with van der Waals surface area (Å²) >= 11 is 7.58. The number of hydrogen-bond acceptors (Lipinski definition) is 5. The topological polar surface area (TPSA) is 92.7 Å². The summed E-state index contributed by atoms with van der Waals surface area (Å²) < 4.78 is 1.85. The second-order valence-electron chi connectivity index (χ2n) is 5.70. The average Bonchev–Trinajstić information content (AvgIpc) is 3.07. The first-order valence-electron chi connectivity index (χ1n) is 7.63. The lowest BCUT2D eigenvalue weighted by molar-refractivity contribution is -0.120. The van der Waals surface area contributed by atoms with Crippen molar-refractivity contribution in [2.24, 2.45) is 5.73 Å². The zero-order valence-electron chi connectivity index (χ0n) is 12.9. The first-order valence-corrected chi connectivity index (χ1v) is 8.89. The molecule has 0 atom stereocenters. The molecule has 0 spiro atoms. The van der Waals surface area contributed by atoms with Gasteiger partial charge in [-0.1, -0.05) is 11.6 Å². The van der Waals surface area contributed by atoms with Crippen molar-refractivity contribution in [3.05, 3.63) is 28.5 Å². The number of aromatic nitrogens is 2. The highest BCUT2D eigenvalue weighted by Crippen LogP contribution is 2.22. The predicted molar refractivity (Wildman–Crippen MR) is 93.9 cm³/mol. The van der Waals surface area contributed by atoms with Crippen LogP contribution in [0.15, 0.2) is 17.7 Å². The summed E-state index contributed by atoms with van der Waals surface area (Å²) in [6, 6.07) is 0.105. The van der Waals surface area contributed by atoms with Crippen LogP contribution in [0, 0.1) is 0 Å². The standard InChI is InChI=1S/C15H18ClN5O2S/c16-14-11(21-7-8-24-15(21)19-14)1-2-13(23)18-10-3-5-20(6-4-10)9-12(17)22/h1-2,7-8,10H,3-6,9H2,(H2,17,22)(H,18,23). The second kappa shape index (κ2) is 7.33. The molecule has 2 aromatic rings. The van der Waals surface area contributed by atoms with Gasteiger partial charge < -0.3 is 11.1 Å². The minimum atomic E-state index is -0.321. The van der Waals surface area contributed by atoms with Crippen LogP contribution in [0.2, 0.25) is 5.15 Å². The Labute approximate surface area is 148 Å². The highest BCUT2D eigenvalue weighted by molar-refractivity contribution is 7.15. The van der Waals surface area contributed by atoms with Gasteiger partial charge in [-0.25, -0.2) is 4.98 Å². The van der Waals surface area contributed by atoms with Crippen LogP contribution in [0.5, 0.6) is 0 Å². The van der Waals surface area contributed by atoms with Gasteiger partial charge in [0.2, 0.25) is 11.8 Å². The molecule has 24 heavy (non-hydrogen) atoms. The number of nitrogens with two attached hydrogens (primary N) is 1. The molecule has 0 bridgehead atoms. The molecule has 1 aliphatic heterocycles. The molecule has 0 radical (unpaired) electrons. The number of nitrogens with zero attached hydrogens (tertiary/aromatic N) is 3. The fourth-order valence-electron chi connectivity index (χ4n) is 2.79. The zero-order chi connectivity index (χ0) is 17.1. The Morgan fingerprint density at radius 3 is 2.92 bits per heavy atom. The molecular formula is C15H18ClN5O2S. The quantitative estimate of drug-likeness (QED) is 0.775. The molecule has 7 nitrogen and oxygen atoms in total. The van der Waals surface area contributed by atoms with Crippen LogP contribution in [0.25, 0.3) is 11.0 Å². The Morgan fingerprint density at radius 1 is 1.46 bits per heavy atom. The third-order valence-corrected chi connectivity index (χ3v) is 4.99. The molecule has 3 N–H and O–H groups in total. The van der Waals surface area contributed by atoms with Gasteiger partial charge in [0.1, 0.15) is 0 Å². The summed E-state index contributed by atoms with van der Waals surface area (Å²) in [5.74, 6) is -0.484. The molecule has 1 fully saturated rings. The molecule has 0 unspecified atom stereocenters. The van der Waals surface area contributed by atoms with Crippen LogP contribution in [0.1, 0.15) is 18.5 Å². The summed E-state index contributed by atoms with van der Waals surface area (Å²) in [6.07, 6.45) is 6.62. The molecule has 128 valence electrons. The van der Waals surface area contributed by atoms with Gasteiger partial charge in [-0.2, -0.15) is 0 Å². The third-order valence-electron chi connectivity index (χ3n) is 3.96. The summed E-state index contributed by atoms with van der Waals surface area (Å²) in [4.78, 5) is 30.0. The van der Waals surface area contributed by atoms with Gasteiger partial charge in [0.25, 0.3) is 0 Å². The van der Waals surface area contributed by atoms with E-state index in [1.807, 2.05) is 20.9 Å². The van der Waals surface area contributed by atoms with Crippen molar-refractivity contribution < 1.29 is 9.59 Å². The van der Waals surface area contributed by atoms with Crippen LogP contribution in [0.3, 0.4) is 0 Å². The number of hydrogen-bond donors (Lipinski definition) is 2. The van der Waals surface area contributed by atoms with Crippen LogP contribution in [0.4, 0.5) is 0 Å². The van der Waals surface area contributed by atoms with E-state index in [0.29, 0.717) is 10.8 Å². The number of likely N-dealkylation sites (tertiary alicyclic amines) is 1. The zero-order valence-corrected chi connectivity index (χ0v) is 14.5. The molecule has 1 aliphatic rings. The summed E-state index contributed by atoms with van der Waals surface area (Å²) in [6.45, 7) is 1.78. The number of thiazole rings is 1. The Kier molecular flexibility index (Phi) is 5.17. The second-order valence-corrected chi connectivity index (χ2v) is 6.93. The van der Waals surface area contributed by atoms with Crippen LogP contribution in [-0.2, 0) is 9.59 Å². The van der Waals surface area contributed by atoms with Gasteiger partial charge in [0.05, 0.1) is 12.2 Å². The number of nitrogens with one attached hydrogen (secondary N) is 1. The molecule has 0 aliphatic carbocycles. The van der Waals surface area contributed by atoms with E-state index < -0.39 is 0 Å². The Balaban J connectivity index is 1.54. The minimum Gasteiger partial charge on any atom is -0.369 e. The predicted octanol–water partition coefficient (Wildman–Crippen LogP) is 1.13. The highest BCUT2D eigenvalue weighted by Gasteiger charge is 2.20. The van der Waals surface area contributed by atoms with E-state index >= 15 is 0 Å². The molecule has 3 heterocycles. The number of carbonyl (C=O) groups excluding carboxylic acids is 2. The first-order chi connectivity index (χ1) is 11.5. The van der Waals surface area contributed by atoms with E-state index in [2.05, 4.69) is 10.3 Å². The number of halogens is 1. The Bertz CT molecular complexity index is 776. The van der Waals surface area contributed by atoms with Crippen molar-refractivity contribution >= 4 is 45.8 Å². The maximum absolute atomic E-state index is 12.1. The van der Waals surface area contributed by atoms with E-state index in [0.717, 1.165) is 30.9 Å². The lowest BCUT2D eigenvalue weighted by Gasteiger charge is -2.31. The average molecular weight is 368 g/mol. The Morgan fingerprint density at radius 2 is 2.21 bits per heavy atom. The van der Waals surface area contributed by atoms with Crippen LogP contribution in [-0.4, -0.2) is 51.8 Å². The minimum absolute atomic E-state index is 0.105. The SMILES string of the molecule is NC(=O)CN1CCC(NC(=O)C=Cc2c(Cl)nc3sccn23)CC1. The maximum atomic E-state index is 12.1. The third kappa shape index (κ3) is 3.95. The summed E-state index contributed by atoms with van der Waals surface area (Å²) in [5.41, 5.74) is 5.89. The van der Waals surface area contributed by atoms with E-state index in [-0.39, 0.29) is 24.4 Å².